The fourth-order valence-electron chi connectivity index (χ4n) is 15.0. The zero-order chi connectivity index (χ0) is 80.3. The first-order valence-corrected chi connectivity index (χ1v) is 36.6. The average molecular weight is 1510 g/mol. The highest BCUT2D eigenvalue weighted by atomic mass is 19.4. The first-order valence-electron chi connectivity index (χ1n) is 36.6. The predicted octanol–water partition coefficient (Wildman–Crippen LogP) is 2.34. The van der Waals surface area contributed by atoms with Crippen LogP contribution in [0, 0.1) is 69.5 Å². The van der Waals surface area contributed by atoms with E-state index in [4.69, 9.17) is 16.3 Å². The van der Waals surface area contributed by atoms with E-state index in [0.717, 1.165) is 77.0 Å². The summed E-state index contributed by atoms with van der Waals surface area (Å²) in [6.07, 6.45) is 20.2. The predicted molar refractivity (Wildman–Crippen MR) is 384 cm³/mol. The normalized spacial score (nSPS) is 22.7. The molecule has 4 aliphatic carbocycles. The van der Waals surface area contributed by atoms with Crippen molar-refractivity contribution in [3.63, 3.8) is 0 Å². The van der Waals surface area contributed by atoms with Crippen LogP contribution in [-0.4, -0.2) is 203 Å². The second-order valence-corrected chi connectivity index (χ2v) is 31.8. The third kappa shape index (κ3) is 23.8. The van der Waals surface area contributed by atoms with Crippen LogP contribution in [0.4, 0.5) is 13.2 Å². The summed E-state index contributed by atoms with van der Waals surface area (Å²) in [5.74, 6) is -6.08. The van der Waals surface area contributed by atoms with E-state index in [1.165, 1.54) is 53.1 Å². The van der Waals surface area contributed by atoms with Crippen LogP contribution in [0.1, 0.15) is 187 Å². The first kappa shape index (κ1) is 88.7. The Morgan fingerprint density at radius 3 is 1.37 bits per heavy atom. The minimum Gasteiger partial charge on any atom is -0.542 e. The maximum Gasteiger partial charge on any atom is 0.430 e. The number of aliphatic hydroxyl groups is 2. The maximum atomic E-state index is 14.6. The number of hydrogen-bond donors (Lipinski definition) is 11. The third-order valence-electron chi connectivity index (χ3n) is 21.3. The number of amides is 9. The summed E-state index contributed by atoms with van der Waals surface area (Å²) in [5.41, 5.74) is 2.14. The molecule has 8 rings (SSSR count). The highest BCUT2D eigenvalue weighted by Gasteiger charge is 2.71. The van der Waals surface area contributed by atoms with Crippen molar-refractivity contribution in [1.29, 1.82) is 0 Å². The second-order valence-electron chi connectivity index (χ2n) is 31.8. The van der Waals surface area contributed by atoms with Gasteiger partial charge in [-0.15, -0.1) is 25.5 Å². The van der Waals surface area contributed by atoms with Gasteiger partial charge in [0.1, 0.15) is 59.7 Å². The van der Waals surface area contributed by atoms with Crippen molar-refractivity contribution < 1.29 is 92.1 Å². The van der Waals surface area contributed by atoms with E-state index in [9.17, 15) is 76.4 Å². The van der Waals surface area contributed by atoms with E-state index in [1.807, 2.05) is 62.3 Å². The van der Waals surface area contributed by atoms with Crippen LogP contribution in [0.3, 0.4) is 0 Å². The Morgan fingerprint density at radius 1 is 0.636 bits per heavy atom. The first-order chi connectivity index (χ1) is 50.0. The summed E-state index contributed by atoms with van der Waals surface area (Å²) in [6.45, 7) is 29.5. The third-order valence-corrected chi connectivity index (χ3v) is 21.3. The quantitative estimate of drug-likeness (QED) is 0.0452. The Kier molecular flexibility index (Phi) is 32.1. The second kappa shape index (κ2) is 38.7. The van der Waals surface area contributed by atoms with E-state index >= 15 is 0 Å². The number of carbonyl (C=O) groups is 11. The van der Waals surface area contributed by atoms with Gasteiger partial charge in [-0.1, -0.05) is 133 Å². The molecule has 9 amide bonds. The summed E-state index contributed by atoms with van der Waals surface area (Å²) >= 11 is 0. The summed E-state index contributed by atoms with van der Waals surface area (Å²) < 4.78 is 31.5. The van der Waals surface area contributed by atoms with Crippen molar-refractivity contribution in [1.82, 2.24) is 67.0 Å². The zero-order valence-electron chi connectivity index (χ0n) is 63.3. The van der Waals surface area contributed by atoms with Crippen molar-refractivity contribution in [3.05, 3.63) is 73.9 Å². The molecule has 0 radical (unpaired) electrons. The van der Waals surface area contributed by atoms with Gasteiger partial charge in [-0.2, -0.15) is 13.2 Å². The number of aliphatic carboxylic acids is 2. The fraction of sp³-hybridized carbons (Fsp3) is 0.667. The SMILES string of the molecule is C#CCCC(NC(=O)[C@@H]1[C@@H]2[C@H](CN1C(=O)[C@@H](NC(=O)[C@@H](NC(=O)c1cnccn1)C1CCCCC1)C(C)(C)C)C2(C)C)C(O)C(=O)NCC=C.C=CCNC(=O)[C@@H](O)[C@@H]([NH3+])CCC.CC(C)(C)[C@H](NC(=O)[C@@H](NC(=O)c1cnccn1)C1CCCCC1)C(=O)N1C[C@H]2[C@@H]([C@H]1C(=O)O)C2(C)C.O=C([O-])C(F)(F)F. The number of quaternary nitrogens is 1. The Labute approximate surface area is 624 Å². The largest absolute Gasteiger partial charge is 0.542 e. The van der Waals surface area contributed by atoms with E-state index < -0.39 is 125 Å². The lowest BCUT2D eigenvalue weighted by Crippen LogP contribution is -2.68. The fourth-order valence-corrected chi connectivity index (χ4v) is 15.0. The van der Waals surface area contributed by atoms with Crippen LogP contribution in [0.25, 0.3) is 0 Å². The number of carboxylic acids is 2. The van der Waals surface area contributed by atoms with Gasteiger partial charge >= 0.3 is 12.1 Å². The van der Waals surface area contributed by atoms with E-state index in [0.29, 0.717) is 19.6 Å². The number of terminal acetylenes is 1. The van der Waals surface area contributed by atoms with Gasteiger partial charge in [0.15, 0.2) is 12.2 Å². The lowest BCUT2D eigenvalue weighted by atomic mass is 9.82. The van der Waals surface area contributed by atoms with Gasteiger partial charge in [0, 0.05) is 69.7 Å². The molecular weight excluding hydrogens is 1390 g/mol. The molecule has 32 heteroatoms. The molecule has 2 aromatic heterocycles. The monoisotopic (exact) mass is 1500 g/mol. The number of aliphatic hydroxyl groups excluding tert-OH is 2. The summed E-state index contributed by atoms with van der Waals surface area (Å²) in [5, 5.41) is 58.6. The maximum absolute atomic E-state index is 14.6. The Balaban J connectivity index is 0.000000312. The van der Waals surface area contributed by atoms with E-state index in [2.05, 4.69) is 95.8 Å². The molecule has 107 heavy (non-hydrogen) atoms. The number of halogens is 3. The van der Waals surface area contributed by atoms with Crippen LogP contribution in [0.5, 0.6) is 0 Å². The van der Waals surface area contributed by atoms with Crippen LogP contribution in [0.15, 0.2) is 62.5 Å². The van der Waals surface area contributed by atoms with Crippen molar-refractivity contribution in [3.8, 4) is 12.3 Å². The number of nitrogens with zero attached hydrogens (tertiary/aromatic N) is 6. The number of carbonyl (C=O) groups excluding carboxylic acids is 10. The number of alkyl halides is 3. The van der Waals surface area contributed by atoms with Gasteiger partial charge in [0.2, 0.25) is 29.5 Å². The van der Waals surface area contributed by atoms with Gasteiger partial charge in [-0.3, -0.25) is 53.1 Å². The van der Waals surface area contributed by atoms with Gasteiger partial charge in [0.25, 0.3) is 23.6 Å². The van der Waals surface area contributed by atoms with Gasteiger partial charge in [-0.25, -0.2) is 14.8 Å². The van der Waals surface area contributed by atoms with Crippen molar-refractivity contribution in [2.24, 2.45) is 57.2 Å². The molecule has 0 aromatic carbocycles. The number of fused-ring (bicyclic) bond motifs is 2. The number of piperidine rings is 2. The Bertz CT molecular complexity index is 3480. The molecule has 6 aliphatic rings. The van der Waals surface area contributed by atoms with E-state index in [1.54, 1.807) is 6.08 Å². The van der Waals surface area contributed by atoms with Crippen molar-refractivity contribution in [2.75, 3.05) is 26.2 Å². The Hall–Kier alpha value is -8.96. The van der Waals surface area contributed by atoms with Gasteiger partial charge in [-0.05, 0) is 83.4 Å². The van der Waals surface area contributed by atoms with Crippen LogP contribution >= 0.6 is 0 Å². The number of hydrogen-bond acceptors (Lipinski definition) is 18. The average Bonchev–Trinajstić information content (AvgIpc) is 1.53. The molecule has 14 atom stereocenters. The number of carboxylic acid groups (broad SMARTS) is 2. The molecule has 6 fully saturated rings. The number of aromatic nitrogens is 4. The van der Waals surface area contributed by atoms with Crippen molar-refractivity contribution >= 4 is 65.1 Å². The molecule has 2 aromatic rings. The van der Waals surface area contributed by atoms with Crippen molar-refractivity contribution in [2.45, 2.75) is 233 Å². The summed E-state index contributed by atoms with van der Waals surface area (Å²) in [4.78, 5) is 160. The molecule has 2 aliphatic heterocycles. The minimum absolute atomic E-state index is 0.0461. The highest BCUT2D eigenvalue weighted by Crippen LogP contribution is 2.66. The zero-order valence-corrected chi connectivity index (χ0v) is 63.3. The van der Waals surface area contributed by atoms with Crippen LogP contribution < -0.4 is 48.1 Å². The van der Waals surface area contributed by atoms with Crippen LogP contribution in [-0.2, 0) is 43.2 Å². The summed E-state index contributed by atoms with van der Waals surface area (Å²) in [6, 6.07) is -6.73. The molecule has 29 nitrogen and oxygen atoms in total. The molecule has 2 unspecified atom stereocenters. The van der Waals surface area contributed by atoms with Gasteiger partial charge in [0.05, 0.1) is 18.4 Å². The van der Waals surface area contributed by atoms with Gasteiger partial charge < -0.3 is 78.0 Å². The number of rotatable bonds is 27. The lowest BCUT2D eigenvalue weighted by molar-refractivity contribution is -0.434. The molecule has 13 N–H and O–H groups in total. The number of likely N-dealkylation sites (tertiary alicyclic amines) is 2. The highest BCUT2D eigenvalue weighted by molar-refractivity contribution is 6.00. The number of nitrogens with one attached hydrogen (secondary N) is 7. The molecular formula is C75H111F3N14O15. The van der Waals surface area contributed by atoms with E-state index in [-0.39, 0.29) is 95.0 Å². The summed E-state index contributed by atoms with van der Waals surface area (Å²) in [7, 11) is 0. The molecule has 4 saturated carbocycles. The molecule has 592 valence electrons. The smallest absolute Gasteiger partial charge is 0.430 e. The standard InChI is InChI=1S/C37H53N7O6.C27H39N5O5.C9H18N2O2.C2HF3O2/c1-8-10-16-24(29(45)34(49)40-17-9-2)41-33(48)28-26-23(37(26,6)7)21-44(28)35(50)30(36(3,4)5)43-32(47)27(22-14-12-11-13-15-22)42-31(46)25-20-38-18-19-39-25;1-26(2,3)21(24(35)32-14-16-18(27(16,4)5)20(32)25(36)37)31-23(34)19(15-9-7-6-8-10-15)30-22(33)17-13-28-11-12-29-17;1-3-5-7(10)8(12)9(13)11-6-4-2;3-2(4,5)1(6)7/h1,9,18-20,22-24,26-30,45H,2,10-17,21H2,3-7H3,(H,40,49)(H,41,48)(H,42,46)(H,43,47);11-13,15-16,18-21H,6-10,14H2,1-5H3,(H,30,33)(H,31,34)(H,36,37);4,7-8,12H,2-3,5-6,10H2,1H3,(H,11,13);(H,6,7)/t23-,24?,26-,27-,28-,29?,30+;16-,18-,19-,20-,21+;7-,8-;/m000./s1. The Morgan fingerprint density at radius 2 is 1.03 bits per heavy atom. The molecule has 0 bridgehead atoms. The lowest BCUT2D eigenvalue weighted by Gasteiger charge is -2.39. The molecule has 0 spiro atoms. The molecule has 4 heterocycles. The topological polar surface area (TPSA) is 441 Å². The molecule has 2 saturated heterocycles. The van der Waals surface area contributed by atoms with Crippen LogP contribution in [0.2, 0.25) is 0 Å². The minimum atomic E-state index is -5.19.